The molecule has 5 nitrogen and oxygen atoms in total. The van der Waals surface area contributed by atoms with Crippen LogP contribution < -0.4 is 0 Å². The number of benzene rings is 2. The zero-order valence-corrected chi connectivity index (χ0v) is 12.3. The Morgan fingerprint density at radius 1 is 0.960 bits per heavy atom. The van der Waals surface area contributed by atoms with E-state index in [0.29, 0.717) is 0 Å². The lowest BCUT2D eigenvalue weighted by Crippen LogP contribution is -2.05. The molecule has 2 N–H and O–H groups in total. The first-order valence-corrected chi connectivity index (χ1v) is 6.71. The molecule has 0 aliphatic heterocycles. The summed E-state index contributed by atoms with van der Waals surface area (Å²) in [6.45, 7) is 0. The largest absolute Gasteiger partial charge is 0.505 e. The van der Waals surface area contributed by atoms with Crippen molar-refractivity contribution in [1.29, 1.82) is 0 Å². The predicted octanol–water partition coefficient (Wildman–Crippen LogP) is 4.94. The minimum Gasteiger partial charge on any atom is -0.505 e. The van der Waals surface area contributed by atoms with Gasteiger partial charge in [0.05, 0.1) is 16.8 Å². The van der Waals surface area contributed by atoms with E-state index >= 15 is 0 Å². The van der Waals surface area contributed by atoms with Gasteiger partial charge in [-0.3, -0.25) is 0 Å². The van der Waals surface area contributed by atoms with Crippen molar-refractivity contribution >= 4 is 17.4 Å². The summed E-state index contributed by atoms with van der Waals surface area (Å²) < 4.78 is 52.3. The van der Waals surface area contributed by atoms with Gasteiger partial charge in [-0.15, -0.1) is 10.2 Å². The topological polar surface area (TPSA) is 82.2 Å². The van der Waals surface area contributed by atoms with Crippen molar-refractivity contribution < 1.29 is 32.6 Å². The number of rotatable bonds is 4. The zero-order valence-electron chi connectivity index (χ0n) is 12.3. The SMILES string of the molecule is O=C(O)C(N=Nc1ccccc1C(F)(F)F)=C(O)c1ccccc1F. The number of aliphatic hydroxyl groups is 1. The van der Waals surface area contributed by atoms with Crippen LogP contribution in [0.1, 0.15) is 11.1 Å². The van der Waals surface area contributed by atoms with Gasteiger partial charge in [-0.1, -0.05) is 24.3 Å². The smallest absolute Gasteiger partial charge is 0.418 e. The first-order chi connectivity index (χ1) is 11.7. The van der Waals surface area contributed by atoms with Crippen LogP contribution in [0.5, 0.6) is 0 Å². The Balaban J connectivity index is 2.52. The Morgan fingerprint density at radius 2 is 1.56 bits per heavy atom. The van der Waals surface area contributed by atoms with Crippen molar-refractivity contribution in [2.45, 2.75) is 6.18 Å². The van der Waals surface area contributed by atoms with Crippen LogP contribution in [0, 0.1) is 5.82 Å². The van der Waals surface area contributed by atoms with Gasteiger partial charge >= 0.3 is 12.1 Å². The minimum atomic E-state index is -4.73. The maximum Gasteiger partial charge on any atom is 0.418 e. The molecule has 0 heterocycles. The second-order valence-corrected chi connectivity index (χ2v) is 4.70. The van der Waals surface area contributed by atoms with Gasteiger partial charge in [0.15, 0.2) is 5.76 Å². The Bertz CT molecular complexity index is 860. The Kier molecular flexibility index (Phi) is 5.16. The summed E-state index contributed by atoms with van der Waals surface area (Å²) in [6.07, 6.45) is -4.73. The number of aliphatic carboxylic acids is 1. The van der Waals surface area contributed by atoms with E-state index in [0.717, 1.165) is 30.3 Å². The highest BCUT2D eigenvalue weighted by Gasteiger charge is 2.33. The predicted molar refractivity (Wildman–Crippen MR) is 79.5 cm³/mol. The molecule has 2 aromatic carbocycles. The number of aliphatic hydroxyl groups excluding tert-OH is 1. The molecule has 0 spiro atoms. The van der Waals surface area contributed by atoms with Gasteiger partial charge in [-0.2, -0.15) is 13.2 Å². The van der Waals surface area contributed by atoms with Gasteiger partial charge in [0.1, 0.15) is 5.82 Å². The van der Waals surface area contributed by atoms with Gasteiger partial charge in [0, 0.05) is 0 Å². The second kappa shape index (κ2) is 7.12. The summed E-state index contributed by atoms with van der Waals surface area (Å²) >= 11 is 0. The Morgan fingerprint density at radius 3 is 2.16 bits per heavy atom. The van der Waals surface area contributed by atoms with Crippen molar-refractivity contribution in [3.8, 4) is 0 Å². The molecule has 130 valence electrons. The van der Waals surface area contributed by atoms with Gasteiger partial charge in [0.2, 0.25) is 5.70 Å². The summed E-state index contributed by atoms with van der Waals surface area (Å²) in [4.78, 5) is 11.2. The number of carbonyl (C=O) groups is 1. The molecule has 2 rings (SSSR count). The van der Waals surface area contributed by atoms with E-state index < -0.39 is 46.2 Å². The fraction of sp³-hybridized carbons (Fsp3) is 0.0625. The number of halogens is 4. The molecular weight excluding hydrogens is 344 g/mol. The molecule has 0 atom stereocenters. The maximum absolute atomic E-state index is 13.6. The molecule has 0 radical (unpaired) electrons. The monoisotopic (exact) mass is 354 g/mol. The first kappa shape index (κ1) is 18.1. The van der Waals surface area contributed by atoms with Crippen molar-refractivity contribution in [2.75, 3.05) is 0 Å². The number of carboxylic acid groups (broad SMARTS) is 1. The first-order valence-electron chi connectivity index (χ1n) is 6.71. The summed E-state index contributed by atoms with van der Waals surface area (Å²) in [6, 6.07) is 8.82. The van der Waals surface area contributed by atoms with Crippen molar-refractivity contribution in [1.82, 2.24) is 0 Å². The highest BCUT2D eigenvalue weighted by Crippen LogP contribution is 2.36. The van der Waals surface area contributed by atoms with Crippen LogP contribution in [0.15, 0.2) is 64.5 Å². The normalized spacial score (nSPS) is 13.0. The van der Waals surface area contributed by atoms with Crippen LogP contribution in [0.2, 0.25) is 0 Å². The van der Waals surface area contributed by atoms with Crippen molar-refractivity contribution in [3.63, 3.8) is 0 Å². The lowest BCUT2D eigenvalue weighted by molar-refractivity contribution is -0.137. The lowest BCUT2D eigenvalue weighted by atomic mass is 10.1. The molecule has 0 aromatic heterocycles. The molecule has 25 heavy (non-hydrogen) atoms. The molecule has 0 bridgehead atoms. The van der Waals surface area contributed by atoms with Crippen molar-refractivity contribution in [3.05, 3.63) is 71.2 Å². The molecular formula is C16H10F4N2O3. The Hall–Kier alpha value is -3.23. The number of carboxylic acids is 1. The number of nitrogens with zero attached hydrogens (tertiary/aromatic N) is 2. The quantitative estimate of drug-likeness (QED) is 0.353. The molecule has 0 unspecified atom stereocenters. The minimum absolute atomic E-state index is 0.469. The van der Waals surface area contributed by atoms with Gasteiger partial charge in [-0.25, -0.2) is 9.18 Å². The number of hydrogen-bond acceptors (Lipinski definition) is 4. The van der Waals surface area contributed by atoms with Gasteiger partial charge < -0.3 is 10.2 Å². The number of hydrogen-bond donors (Lipinski definition) is 2. The molecule has 2 aromatic rings. The molecule has 0 aliphatic carbocycles. The fourth-order valence-corrected chi connectivity index (χ4v) is 1.88. The van der Waals surface area contributed by atoms with E-state index in [1.165, 1.54) is 18.2 Å². The van der Waals surface area contributed by atoms with E-state index in [4.69, 9.17) is 5.11 Å². The Labute approximate surface area is 138 Å². The average molecular weight is 354 g/mol. The third-order valence-electron chi connectivity index (χ3n) is 3.02. The van der Waals surface area contributed by atoms with E-state index in [2.05, 4.69) is 10.2 Å². The van der Waals surface area contributed by atoms with Crippen molar-refractivity contribution in [2.24, 2.45) is 10.2 Å². The second-order valence-electron chi connectivity index (χ2n) is 4.70. The van der Waals surface area contributed by atoms with Crippen LogP contribution in [0.4, 0.5) is 23.2 Å². The standard InChI is InChI=1S/C16H10F4N2O3/c17-11-7-3-1-5-9(11)14(23)13(15(24)25)22-21-12-8-4-2-6-10(12)16(18,19)20/h1-8,23H,(H,24,25). The number of alkyl halides is 3. The fourth-order valence-electron chi connectivity index (χ4n) is 1.88. The zero-order chi connectivity index (χ0) is 18.6. The highest BCUT2D eigenvalue weighted by molar-refractivity contribution is 5.94. The van der Waals surface area contributed by atoms with Crippen LogP contribution in [-0.4, -0.2) is 16.2 Å². The molecule has 0 saturated heterocycles. The molecule has 0 saturated carbocycles. The van der Waals surface area contributed by atoms with Crippen LogP contribution >= 0.6 is 0 Å². The lowest BCUT2D eigenvalue weighted by Gasteiger charge is -2.08. The van der Waals surface area contributed by atoms with Crippen LogP contribution in [0.25, 0.3) is 5.76 Å². The number of azo groups is 1. The third-order valence-corrected chi connectivity index (χ3v) is 3.02. The molecule has 9 heteroatoms. The summed E-state index contributed by atoms with van der Waals surface area (Å²) in [5.41, 5.74) is -3.34. The van der Waals surface area contributed by atoms with E-state index in [1.807, 2.05) is 0 Å². The average Bonchev–Trinajstić information content (AvgIpc) is 2.54. The van der Waals surface area contributed by atoms with Gasteiger partial charge in [-0.05, 0) is 24.3 Å². The van der Waals surface area contributed by atoms with E-state index in [-0.39, 0.29) is 0 Å². The molecule has 0 fully saturated rings. The third kappa shape index (κ3) is 4.19. The van der Waals surface area contributed by atoms with Crippen LogP contribution in [-0.2, 0) is 11.0 Å². The van der Waals surface area contributed by atoms with Gasteiger partial charge in [0.25, 0.3) is 0 Å². The molecule has 0 amide bonds. The maximum atomic E-state index is 13.6. The summed E-state index contributed by atoms with van der Waals surface area (Å²) in [5, 5.41) is 25.4. The van der Waals surface area contributed by atoms with E-state index in [9.17, 15) is 27.5 Å². The summed E-state index contributed by atoms with van der Waals surface area (Å²) in [5.74, 6) is -3.77. The van der Waals surface area contributed by atoms with Crippen LogP contribution in [0.3, 0.4) is 0 Å². The summed E-state index contributed by atoms with van der Waals surface area (Å²) in [7, 11) is 0. The highest BCUT2D eigenvalue weighted by atomic mass is 19.4. The van der Waals surface area contributed by atoms with E-state index in [1.54, 1.807) is 0 Å². The molecule has 0 aliphatic rings.